The third kappa shape index (κ3) is 7.80. The lowest BCUT2D eigenvalue weighted by Crippen LogP contribution is -2.27. The number of aryl methyl sites for hydroxylation is 3. The summed E-state index contributed by atoms with van der Waals surface area (Å²) in [6.07, 6.45) is 13.1. The molecule has 196 valence electrons. The highest BCUT2D eigenvalue weighted by Crippen LogP contribution is 2.24. The first-order valence-electron chi connectivity index (χ1n) is 13.3. The average molecular weight is 504 g/mol. The number of nitrogens with one attached hydrogen (secondary N) is 2. The van der Waals surface area contributed by atoms with Crippen LogP contribution in [0.4, 0.5) is 5.95 Å². The maximum absolute atomic E-state index is 12.4. The number of imidazole rings is 1. The Kier molecular flexibility index (Phi) is 9.51. The van der Waals surface area contributed by atoms with Gasteiger partial charge in [0.15, 0.2) is 11.7 Å². The standard InChI is InChI=1S/C28H37N7O2/c1-2-3-5-9-21-13-15-22(16-14-21)27(36)30-17-18-35-20-23(33-34-35)10-6-4-7-11-24-26(32-28(29)31-24)25-12-8-19-37-25/h8,12-16,19-20H,2-7,9-11,17-18H2,1H3,(H,30,36)(H3,29,31,32). The highest BCUT2D eigenvalue weighted by molar-refractivity contribution is 5.94. The Bertz CT molecular complexity index is 1230. The number of carbonyl (C=O) groups excluding carboxylic acids is 1. The van der Waals surface area contributed by atoms with Crippen molar-refractivity contribution in [2.24, 2.45) is 0 Å². The number of H-pyrrole nitrogens is 1. The van der Waals surface area contributed by atoms with E-state index in [1.165, 1.54) is 24.8 Å². The van der Waals surface area contributed by atoms with E-state index >= 15 is 0 Å². The molecule has 0 atom stereocenters. The number of unbranched alkanes of at least 4 members (excludes halogenated alkanes) is 4. The van der Waals surface area contributed by atoms with Crippen LogP contribution >= 0.6 is 0 Å². The summed E-state index contributed by atoms with van der Waals surface area (Å²) in [5.41, 5.74) is 10.6. The molecule has 37 heavy (non-hydrogen) atoms. The number of amides is 1. The molecule has 0 spiro atoms. The van der Waals surface area contributed by atoms with Crippen molar-refractivity contribution < 1.29 is 9.21 Å². The minimum atomic E-state index is -0.0605. The van der Waals surface area contributed by atoms with Crippen LogP contribution in [0.5, 0.6) is 0 Å². The number of nitrogen functional groups attached to an aromatic ring is 1. The maximum atomic E-state index is 12.4. The van der Waals surface area contributed by atoms with Gasteiger partial charge in [0.1, 0.15) is 5.69 Å². The lowest BCUT2D eigenvalue weighted by molar-refractivity contribution is 0.0952. The first kappa shape index (κ1) is 26.2. The number of nitrogens with two attached hydrogens (primary N) is 1. The molecule has 0 aliphatic heterocycles. The Balaban J connectivity index is 1.12. The van der Waals surface area contributed by atoms with Gasteiger partial charge in [0.25, 0.3) is 5.91 Å². The van der Waals surface area contributed by atoms with Gasteiger partial charge >= 0.3 is 0 Å². The van der Waals surface area contributed by atoms with Gasteiger partial charge in [-0.3, -0.25) is 9.48 Å². The van der Waals surface area contributed by atoms with Crippen molar-refractivity contribution in [3.63, 3.8) is 0 Å². The predicted octanol–water partition coefficient (Wildman–Crippen LogP) is 4.96. The fourth-order valence-corrected chi connectivity index (χ4v) is 4.36. The Morgan fingerprint density at radius 2 is 1.86 bits per heavy atom. The summed E-state index contributed by atoms with van der Waals surface area (Å²) in [5, 5.41) is 11.4. The molecular weight excluding hydrogens is 466 g/mol. The summed E-state index contributed by atoms with van der Waals surface area (Å²) in [6, 6.07) is 11.7. The molecule has 3 aromatic heterocycles. The van der Waals surface area contributed by atoms with Crippen molar-refractivity contribution in [2.45, 2.75) is 71.3 Å². The molecule has 9 nitrogen and oxygen atoms in total. The molecule has 0 radical (unpaired) electrons. The van der Waals surface area contributed by atoms with Crippen LogP contribution in [0.25, 0.3) is 11.5 Å². The van der Waals surface area contributed by atoms with Crippen LogP contribution in [0.15, 0.2) is 53.3 Å². The second-order valence-corrected chi connectivity index (χ2v) is 9.37. The summed E-state index contributed by atoms with van der Waals surface area (Å²) in [5.74, 6) is 1.08. The van der Waals surface area contributed by atoms with Crippen LogP contribution in [0.1, 0.15) is 72.8 Å². The number of hydrogen-bond acceptors (Lipinski definition) is 6. The molecule has 0 aliphatic rings. The number of benzene rings is 1. The number of carbonyl (C=O) groups is 1. The van der Waals surface area contributed by atoms with Gasteiger partial charge in [-0.15, -0.1) is 5.10 Å². The van der Waals surface area contributed by atoms with Crippen molar-refractivity contribution in [2.75, 3.05) is 12.3 Å². The van der Waals surface area contributed by atoms with Gasteiger partial charge in [-0.25, -0.2) is 4.98 Å². The molecule has 4 N–H and O–H groups in total. The zero-order valence-electron chi connectivity index (χ0n) is 21.6. The van der Waals surface area contributed by atoms with Crippen LogP contribution in [-0.4, -0.2) is 37.4 Å². The molecule has 0 unspecified atom stereocenters. The molecule has 1 aromatic carbocycles. The smallest absolute Gasteiger partial charge is 0.251 e. The Hall–Kier alpha value is -3.88. The molecule has 4 aromatic rings. The van der Waals surface area contributed by atoms with E-state index in [0.717, 1.165) is 61.4 Å². The van der Waals surface area contributed by atoms with Crippen molar-refractivity contribution in [3.05, 3.63) is 71.4 Å². The predicted molar refractivity (Wildman–Crippen MR) is 144 cm³/mol. The Labute approximate surface area is 217 Å². The van der Waals surface area contributed by atoms with E-state index in [4.69, 9.17) is 10.2 Å². The molecule has 0 fully saturated rings. The molecule has 0 saturated heterocycles. The monoisotopic (exact) mass is 503 g/mol. The molecule has 3 heterocycles. The van der Waals surface area contributed by atoms with E-state index in [2.05, 4.69) is 44.7 Å². The first-order valence-corrected chi connectivity index (χ1v) is 13.3. The highest BCUT2D eigenvalue weighted by atomic mass is 16.3. The molecule has 4 rings (SSSR count). The summed E-state index contributed by atoms with van der Waals surface area (Å²) >= 11 is 0. The third-order valence-electron chi connectivity index (χ3n) is 6.41. The number of hydrogen-bond donors (Lipinski definition) is 3. The van der Waals surface area contributed by atoms with Gasteiger partial charge in [0, 0.05) is 24.0 Å². The van der Waals surface area contributed by atoms with Crippen molar-refractivity contribution >= 4 is 11.9 Å². The van der Waals surface area contributed by atoms with Gasteiger partial charge in [-0.1, -0.05) is 43.5 Å². The molecule has 0 bridgehead atoms. The van der Waals surface area contributed by atoms with Gasteiger partial charge in [-0.2, -0.15) is 0 Å². The van der Waals surface area contributed by atoms with Gasteiger partial charge < -0.3 is 20.5 Å². The topological polar surface area (TPSA) is 128 Å². The maximum Gasteiger partial charge on any atom is 0.251 e. The van der Waals surface area contributed by atoms with Crippen LogP contribution in [0.2, 0.25) is 0 Å². The zero-order valence-corrected chi connectivity index (χ0v) is 21.6. The minimum absolute atomic E-state index is 0.0605. The lowest BCUT2D eigenvalue weighted by Gasteiger charge is -2.06. The van der Waals surface area contributed by atoms with Crippen LogP contribution in [0.3, 0.4) is 0 Å². The Morgan fingerprint density at radius 1 is 1.05 bits per heavy atom. The second kappa shape index (κ2) is 13.4. The number of furan rings is 1. The lowest BCUT2D eigenvalue weighted by atomic mass is 10.1. The molecular formula is C28H37N7O2. The fraction of sp³-hybridized carbons (Fsp3) is 0.429. The number of aromatic amines is 1. The molecule has 0 saturated carbocycles. The Morgan fingerprint density at radius 3 is 2.65 bits per heavy atom. The largest absolute Gasteiger partial charge is 0.463 e. The zero-order chi connectivity index (χ0) is 25.9. The number of anilines is 1. The second-order valence-electron chi connectivity index (χ2n) is 9.37. The highest BCUT2D eigenvalue weighted by Gasteiger charge is 2.13. The fourth-order valence-electron chi connectivity index (χ4n) is 4.36. The third-order valence-corrected chi connectivity index (χ3v) is 6.41. The summed E-state index contributed by atoms with van der Waals surface area (Å²) in [4.78, 5) is 19.9. The number of aromatic nitrogens is 5. The van der Waals surface area contributed by atoms with E-state index in [0.29, 0.717) is 24.6 Å². The molecule has 0 aliphatic carbocycles. The normalized spacial score (nSPS) is 11.2. The van der Waals surface area contributed by atoms with E-state index in [1.54, 1.807) is 10.9 Å². The van der Waals surface area contributed by atoms with Crippen molar-refractivity contribution in [3.8, 4) is 11.5 Å². The number of nitrogens with zero attached hydrogens (tertiary/aromatic N) is 4. The summed E-state index contributed by atoms with van der Waals surface area (Å²) < 4.78 is 7.25. The summed E-state index contributed by atoms with van der Waals surface area (Å²) in [7, 11) is 0. The minimum Gasteiger partial charge on any atom is -0.463 e. The van der Waals surface area contributed by atoms with Crippen LogP contribution in [0, 0.1) is 0 Å². The van der Waals surface area contributed by atoms with Crippen LogP contribution < -0.4 is 11.1 Å². The van der Waals surface area contributed by atoms with E-state index < -0.39 is 0 Å². The first-order chi connectivity index (χ1) is 18.1. The van der Waals surface area contributed by atoms with Crippen molar-refractivity contribution in [1.29, 1.82) is 0 Å². The summed E-state index contributed by atoms with van der Waals surface area (Å²) in [6.45, 7) is 3.30. The van der Waals surface area contributed by atoms with E-state index in [-0.39, 0.29) is 5.91 Å². The average Bonchev–Trinajstić information content (AvgIpc) is 3.66. The van der Waals surface area contributed by atoms with E-state index in [9.17, 15) is 4.79 Å². The van der Waals surface area contributed by atoms with Gasteiger partial charge in [0.05, 0.1) is 18.5 Å². The quantitative estimate of drug-likeness (QED) is 0.197. The SMILES string of the molecule is CCCCCc1ccc(C(=O)NCCn2cc(CCCCCc3[nH]c(N)nc3-c3ccco3)nn2)cc1. The van der Waals surface area contributed by atoms with Crippen LogP contribution in [-0.2, 0) is 25.8 Å². The number of rotatable bonds is 15. The molecule has 9 heteroatoms. The molecule has 1 amide bonds. The van der Waals surface area contributed by atoms with Gasteiger partial charge in [0.2, 0.25) is 0 Å². The van der Waals surface area contributed by atoms with Crippen molar-refractivity contribution in [1.82, 2.24) is 30.3 Å². The van der Waals surface area contributed by atoms with Gasteiger partial charge in [-0.05, 0) is 68.4 Å². The van der Waals surface area contributed by atoms with E-state index in [1.807, 2.05) is 30.5 Å².